The van der Waals surface area contributed by atoms with Crippen LogP contribution in [0, 0.1) is 5.92 Å². The summed E-state index contributed by atoms with van der Waals surface area (Å²) >= 11 is 0. The van der Waals surface area contributed by atoms with Gasteiger partial charge in [0.2, 0.25) is 0 Å². The monoisotopic (exact) mass is 207 g/mol. The highest BCUT2D eigenvalue weighted by Crippen LogP contribution is 2.29. The van der Waals surface area contributed by atoms with Gasteiger partial charge in [0.15, 0.2) is 0 Å². The largest absolute Gasteiger partial charge is 0.333 e. The van der Waals surface area contributed by atoms with Crippen LogP contribution in [0.3, 0.4) is 0 Å². The van der Waals surface area contributed by atoms with Gasteiger partial charge in [-0.2, -0.15) is 0 Å². The third-order valence-electron chi connectivity index (χ3n) is 3.18. The van der Waals surface area contributed by atoms with Crippen molar-refractivity contribution in [3.63, 3.8) is 0 Å². The summed E-state index contributed by atoms with van der Waals surface area (Å²) in [6.45, 7) is 5.64. The highest BCUT2D eigenvalue weighted by molar-refractivity contribution is 4.91. The van der Waals surface area contributed by atoms with E-state index in [-0.39, 0.29) is 0 Å². The van der Waals surface area contributed by atoms with Gasteiger partial charge in [-0.3, -0.25) is 0 Å². The lowest BCUT2D eigenvalue weighted by molar-refractivity contribution is 0.374. The minimum atomic E-state index is 0.617. The van der Waals surface area contributed by atoms with Gasteiger partial charge in [0.1, 0.15) is 0 Å². The highest BCUT2D eigenvalue weighted by Gasteiger charge is 2.27. The molecule has 0 aliphatic heterocycles. The van der Waals surface area contributed by atoms with Gasteiger partial charge in [-0.1, -0.05) is 13.8 Å². The second-order valence-corrected chi connectivity index (χ2v) is 4.92. The summed E-state index contributed by atoms with van der Waals surface area (Å²) in [7, 11) is 0. The Morgan fingerprint density at radius 1 is 1.47 bits per heavy atom. The lowest BCUT2D eigenvalue weighted by atomic mass is 10.1. The Morgan fingerprint density at radius 2 is 2.33 bits per heavy atom. The minimum absolute atomic E-state index is 0.617. The molecule has 1 aliphatic carbocycles. The maximum Gasteiger partial charge on any atom is 0.0949 e. The molecule has 0 unspecified atom stereocenters. The molecule has 84 valence electrons. The van der Waals surface area contributed by atoms with Crippen molar-refractivity contribution in [3.05, 3.63) is 18.7 Å². The van der Waals surface area contributed by atoms with Crippen molar-refractivity contribution >= 4 is 0 Å². The number of rotatable bonds is 4. The number of nitrogens with zero attached hydrogens (tertiary/aromatic N) is 2. The van der Waals surface area contributed by atoms with E-state index in [0.29, 0.717) is 12.1 Å². The second kappa shape index (κ2) is 4.79. The van der Waals surface area contributed by atoms with Gasteiger partial charge in [0, 0.05) is 24.5 Å². The van der Waals surface area contributed by atoms with Crippen LogP contribution in [-0.2, 0) is 0 Å². The molecule has 0 spiro atoms. The van der Waals surface area contributed by atoms with E-state index in [4.69, 9.17) is 0 Å². The Morgan fingerprint density at radius 3 is 3.00 bits per heavy atom. The first-order valence-corrected chi connectivity index (χ1v) is 5.98. The smallest absolute Gasteiger partial charge is 0.0949 e. The van der Waals surface area contributed by atoms with E-state index >= 15 is 0 Å². The van der Waals surface area contributed by atoms with Gasteiger partial charge in [-0.15, -0.1) is 0 Å². The molecule has 3 nitrogen and oxygen atoms in total. The molecule has 1 aliphatic rings. The third-order valence-corrected chi connectivity index (χ3v) is 3.18. The molecule has 0 bridgehead atoms. The average molecular weight is 207 g/mol. The van der Waals surface area contributed by atoms with Crippen LogP contribution < -0.4 is 5.32 Å². The summed E-state index contributed by atoms with van der Waals surface area (Å²) in [5.41, 5.74) is 0. The van der Waals surface area contributed by atoms with Crippen LogP contribution in [0.5, 0.6) is 0 Å². The number of imidazole rings is 1. The summed E-state index contributed by atoms with van der Waals surface area (Å²) < 4.78 is 2.25. The number of nitrogens with one attached hydrogen (secondary N) is 1. The van der Waals surface area contributed by atoms with Crippen molar-refractivity contribution in [2.75, 3.05) is 6.54 Å². The molecule has 1 saturated carbocycles. The van der Waals surface area contributed by atoms with Gasteiger partial charge in [0.05, 0.1) is 6.33 Å². The van der Waals surface area contributed by atoms with Crippen molar-refractivity contribution in [3.8, 4) is 0 Å². The SMILES string of the molecule is CC(C)CN[C@H]1CCC[C@H]1n1ccnc1. The van der Waals surface area contributed by atoms with E-state index in [1.807, 2.05) is 12.5 Å². The minimum Gasteiger partial charge on any atom is -0.333 e. The summed E-state index contributed by atoms with van der Waals surface area (Å²) in [6, 6.07) is 1.26. The fourth-order valence-electron chi connectivity index (χ4n) is 2.39. The van der Waals surface area contributed by atoms with Crippen LogP contribution in [0.2, 0.25) is 0 Å². The first-order valence-electron chi connectivity index (χ1n) is 5.98. The van der Waals surface area contributed by atoms with Crippen molar-refractivity contribution in [2.45, 2.75) is 45.2 Å². The van der Waals surface area contributed by atoms with E-state index in [2.05, 4.69) is 34.9 Å². The molecule has 1 N–H and O–H groups in total. The van der Waals surface area contributed by atoms with Gasteiger partial charge < -0.3 is 9.88 Å². The first-order chi connectivity index (χ1) is 7.27. The molecular weight excluding hydrogens is 186 g/mol. The van der Waals surface area contributed by atoms with Crippen molar-refractivity contribution in [1.82, 2.24) is 14.9 Å². The molecule has 1 aromatic heterocycles. The topological polar surface area (TPSA) is 29.9 Å². The van der Waals surface area contributed by atoms with Crippen LogP contribution in [0.1, 0.15) is 39.2 Å². The van der Waals surface area contributed by atoms with Gasteiger partial charge in [0.25, 0.3) is 0 Å². The molecule has 1 fully saturated rings. The Hall–Kier alpha value is -0.830. The zero-order valence-corrected chi connectivity index (χ0v) is 9.69. The maximum absolute atomic E-state index is 4.13. The second-order valence-electron chi connectivity index (χ2n) is 4.92. The van der Waals surface area contributed by atoms with Crippen LogP contribution in [0.25, 0.3) is 0 Å². The fourth-order valence-corrected chi connectivity index (χ4v) is 2.39. The zero-order valence-electron chi connectivity index (χ0n) is 9.69. The molecule has 3 heteroatoms. The number of aromatic nitrogens is 2. The highest BCUT2D eigenvalue weighted by atomic mass is 15.1. The van der Waals surface area contributed by atoms with E-state index in [1.165, 1.54) is 19.3 Å². The van der Waals surface area contributed by atoms with Gasteiger partial charge in [-0.05, 0) is 31.7 Å². The molecule has 1 aromatic rings. The molecule has 0 amide bonds. The Bertz CT molecular complexity index is 279. The first kappa shape index (κ1) is 10.7. The van der Waals surface area contributed by atoms with E-state index in [1.54, 1.807) is 0 Å². The summed E-state index contributed by atoms with van der Waals surface area (Å²) in [4.78, 5) is 4.13. The Labute approximate surface area is 91.9 Å². The number of hydrogen-bond donors (Lipinski definition) is 1. The standard InChI is InChI=1S/C12H21N3/c1-10(2)8-14-11-4-3-5-12(11)15-7-6-13-9-15/h6-7,9-12,14H,3-5,8H2,1-2H3/t11-,12+/m0/s1. The summed E-state index contributed by atoms with van der Waals surface area (Å²) in [5, 5.41) is 3.67. The third kappa shape index (κ3) is 2.59. The van der Waals surface area contributed by atoms with Crippen LogP contribution >= 0.6 is 0 Å². The molecule has 0 saturated heterocycles. The van der Waals surface area contributed by atoms with Gasteiger partial charge >= 0.3 is 0 Å². The summed E-state index contributed by atoms with van der Waals surface area (Å²) in [6.07, 6.45) is 9.82. The molecule has 0 aromatic carbocycles. The molecule has 1 heterocycles. The molecule has 2 atom stereocenters. The average Bonchev–Trinajstić information content (AvgIpc) is 2.85. The number of hydrogen-bond acceptors (Lipinski definition) is 2. The normalized spacial score (nSPS) is 26.3. The van der Waals surface area contributed by atoms with Gasteiger partial charge in [-0.25, -0.2) is 4.98 Å². The molecular formula is C12H21N3. The summed E-state index contributed by atoms with van der Waals surface area (Å²) in [5.74, 6) is 0.731. The lowest BCUT2D eigenvalue weighted by Crippen LogP contribution is -2.35. The van der Waals surface area contributed by atoms with Crippen molar-refractivity contribution in [2.24, 2.45) is 5.92 Å². The molecule has 15 heavy (non-hydrogen) atoms. The van der Waals surface area contributed by atoms with Crippen LogP contribution in [0.4, 0.5) is 0 Å². The molecule has 0 radical (unpaired) electrons. The quantitative estimate of drug-likeness (QED) is 0.820. The van der Waals surface area contributed by atoms with E-state index < -0.39 is 0 Å². The fraction of sp³-hybridized carbons (Fsp3) is 0.750. The van der Waals surface area contributed by atoms with Crippen molar-refractivity contribution in [1.29, 1.82) is 0 Å². The maximum atomic E-state index is 4.13. The Kier molecular flexibility index (Phi) is 3.41. The predicted molar refractivity (Wildman–Crippen MR) is 61.7 cm³/mol. The van der Waals surface area contributed by atoms with E-state index in [9.17, 15) is 0 Å². The van der Waals surface area contributed by atoms with Crippen LogP contribution in [0.15, 0.2) is 18.7 Å². The lowest BCUT2D eigenvalue weighted by Gasteiger charge is -2.23. The zero-order chi connectivity index (χ0) is 10.7. The predicted octanol–water partition coefficient (Wildman–Crippen LogP) is 2.22. The van der Waals surface area contributed by atoms with Crippen molar-refractivity contribution < 1.29 is 0 Å². The van der Waals surface area contributed by atoms with Crippen LogP contribution in [-0.4, -0.2) is 22.1 Å². The molecule has 2 rings (SSSR count). The van der Waals surface area contributed by atoms with E-state index in [0.717, 1.165) is 12.5 Å². The Balaban J connectivity index is 1.93.